The largest absolute Gasteiger partial charge is 0.387 e. The van der Waals surface area contributed by atoms with Crippen LogP contribution in [0, 0.1) is 0 Å². The lowest BCUT2D eigenvalue weighted by Crippen LogP contribution is -2.29. The summed E-state index contributed by atoms with van der Waals surface area (Å²) in [7, 11) is 1.74. The molecule has 2 N–H and O–H groups in total. The van der Waals surface area contributed by atoms with E-state index in [9.17, 15) is 9.90 Å². The first-order chi connectivity index (χ1) is 10.1. The number of aryl methyl sites for hydroxylation is 2. The monoisotopic (exact) mass is 288 g/mol. The zero-order chi connectivity index (χ0) is 15.2. The second-order valence-corrected chi connectivity index (χ2v) is 4.90. The van der Waals surface area contributed by atoms with Crippen molar-refractivity contribution in [2.24, 2.45) is 7.05 Å². The zero-order valence-corrected chi connectivity index (χ0v) is 12.3. The van der Waals surface area contributed by atoms with Crippen LogP contribution in [0.1, 0.15) is 41.2 Å². The topological polar surface area (TPSA) is 80.0 Å². The Morgan fingerprint density at radius 2 is 2.14 bits per heavy atom. The third-order valence-corrected chi connectivity index (χ3v) is 3.22. The van der Waals surface area contributed by atoms with E-state index < -0.39 is 6.10 Å². The minimum atomic E-state index is -0.750. The Morgan fingerprint density at radius 1 is 1.43 bits per heavy atom. The number of carbonyl (C=O) groups is 1. The molecule has 0 aliphatic carbocycles. The minimum Gasteiger partial charge on any atom is -0.387 e. The van der Waals surface area contributed by atoms with E-state index in [-0.39, 0.29) is 12.5 Å². The van der Waals surface area contributed by atoms with Gasteiger partial charge in [-0.25, -0.2) is 0 Å². The first-order valence-electron chi connectivity index (χ1n) is 7.01. The molecule has 1 unspecified atom stereocenters. The van der Waals surface area contributed by atoms with E-state index in [4.69, 9.17) is 0 Å². The molecule has 0 aliphatic rings. The lowest BCUT2D eigenvalue weighted by atomic mass is 10.1. The number of rotatable bonds is 6. The highest BCUT2D eigenvalue weighted by atomic mass is 16.3. The Labute approximate surface area is 123 Å². The van der Waals surface area contributed by atoms with Crippen LogP contribution in [0.15, 0.2) is 30.6 Å². The summed E-state index contributed by atoms with van der Waals surface area (Å²) in [5.41, 5.74) is 2.13. The molecule has 0 fully saturated rings. The average molecular weight is 288 g/mol. The van der Waals surface area contributed by atoms with Crippen molar-refractivity contribution in [1.82, 2.24) is 20.1 Å². The third kappa shape index (κ3) is 3.88. The number of hydrogen-bond acceptors (Lipinski definition) is 4. The molecule has 6 heteroatoms. The molecular formula is C15H20N4O2. The normalized spacial score (nSPS) is 12.1. The summed E-state index contributed by atoms with van der Waals surface area (Å²) in [5, 5.41) is 17.0. The quantitative estimate of drug-likeness (QED) is 0.838. The number of pyridine rings is 1. The maximum atomic E-state index is 12.1. The molecule has 112 valence electrons. The molecule has 0 radical (unpaired) electrons. The molecule has 21 heavy (non-hydrogen) atoms. The summed E-state index contributed by atoms with van der Waals surface area (Å²) in [6.45, 7) is 2.22. The number of carbonyl (C=O) groups excluding carboxylic acids is 1. The predicted octanol–water partition coefficient (Wildman–Crippen LogP) is 1.23. The van der Waals surface area contributed by atoms with Gasteiger partial charge in [0.2, 0.25) is 0 Å². The summed E-state index contributed by atoms with van der Waals surface area (Å²) in [6, 6.07) is 5.23. The number of aliphatic hydroxyl groups excluding tert-OH is 1. The molecule has 2 rings (SSSR count). The van der Waals surface area contributed by atoms with Gasteiger partial charge in [-0.2, -0.15) is 5.10 Å². The van der Waals surface area contributed by atoms with Crippen LogP contribution in [0.5, 0.6) is 0 Å². The van der Waals surface area contributed by atoms with Crippen molar-refractivity contribution in [3.8, 4) is 0 Å². The number of aromatic nitrogens is 3. The van der Waals surface area contributed by atoms with Crippen LogP contribution in [-0.2, 0) is 13.5 Å². The van der Waals surface area contributed by atoms with Gasteiger partial charge in [-0.1, -0.05) is 13.3 Å². The van der Waals surface area contributed by atoms with E-state index in [2.05, 4.69) is 22.3 Å². The molecule has 0 bridgehead atoms. The molecular weight excluding hydrogens is 268 g/mol. The van der Waals surface area contributed by atoms with Gasteiger partial charge in [-0.3, -0.25) is 14.5 Å². The number of aliphatic hydroxyl groups is 1. The van der Waals surface area contributed by atoms with Crippen LogP contribution < -0.4 is 5.32 Å². The fourth-order valence-electron chi connectivity index (χ4n) is 2.10. The van der Waals surface area contributed by atoms with E-state index in [1.165, 1.54) is 0 Å². The zero-order valence-electron chi connectivity index (χ0n) is 12.3. The Hall–Kier alpha value is -2.21. The first-order valence-corrected chi connectivity index (χ1v) is 7.01. The molecule has 2 aromatic rings. The molecule has 1 amide bonds. The number of nitrogens with zero attached hydrogens (tertiary/aromatic N) is 3. The molecule has 2 heterocycles. The number of amides is 1. The smallest absolute Gasteiger partial charge is 0.269 e. The minimum absolute atomic E-state index is 0.150. The average Bonchev–Trinajstić information content (AvgIpc) is 2.86. The van der Waals surface area contributed by atoms with Gasteiger partial charge in [0.05, 0.1) is 11.8 Å². The Kier molecular flexibility index (Phi) is 5.05. The molecule has 0 spiro atoms. The fourth-order valence-corrected chi connectivity index (χ4v) is 2.10. The summed E-state index contributed by atoms with van der Waals surface area (Å²) in [4.78, 5) is 16.0. The van der Waals surface area contributed by atoms with E-state index >= 15 is 0 Å². The summed E-state index contributed by atoms with van der Waals surface area (Å²) < 4.78 is 1.57. The van der Waals surface area contributed by atoms with Crippen molar-refractivity contribution in [3.63, 3.8) is 0 Å². The molecule has 2 aromatic heterocycles. The summed E-state index contributed by atoms with van der Waals surface area (Å²) in [6.07, 6.45) is 4.30. The van der Waals surface area contributed by atoms with E-state index in [0.29, 0.717) is 5.69 Å². The Morgan fingerprint density at radius 3 is 2.81 bits per heavy atom. The van der Waals surface area contributed by atoms with Gasteiger partial charge < -0.3 is 10.4 Å². The number of nitrogens with one attached hydrogen (secondary N) is 1. The van der Waals surface area contributed by atoms with Gasteiger partial charge in [0.1, 0.15) is 5.69 Å². The van der Waals surface area contributed by atoms with E-state index in [1.54, 1.807) is 42.3 Å². The molecule has 1 atom stereocenters. The van der Waals surface area contributed by atoms with Gasteiger partial charge in [-0.15, -0.1) is 0 Å². The van der Waals surface area contributed by atoms with Crippen LogP contribution in [0.25, 0.3) is 0 Å². The standard InChI is InChI=1S/C15H20N4O2/c1-3-4-12-9-13(19(2)18-12)15(21)17-10-14(20)11-5-7-16-8-6-11/h5-9,14,20H,3-4,10H2,1-2H3,(H,17,21). The molecule has 0 aliphatic heterocycles. The molecule has 0 aromatic carbocycles. The summed E-state index contributed by atoms with van der Waals surface area (Å²) >= 11 is 0. The number of hydrogen-bond donors (Lipinski definition) is 2. The van der Waals surface area contributed by atoms with Crippen molar-refractivity contribution in [1.29, 1.82) is 0 Å². The highest BCUT2D eigenvalue weighted by Crippen LogP contribution is 2.10. The van der Waals surface area contributed by atoms with Gasteiger partial charge in [0.15, 0.2) is 0 Å². The third-order valence-electron chi connectivity index (χ3n) is 3.22. The summed E-state index contributed by atoms with van der Waals surface area (Å²) in [5.74, 6) is -0.236. The SMILES string of the molecule is CCCc1cc(C(=O)NCC(O)c2ccncc2)n(C)n1. The molecule has 6 nitrogen and oxygen atoms in total. The molecule has 0 saturated heterocycles. The first kappa shape index (κ1) is 15.2. The van der Waals surface area contributed by atoms with Crippen molar-refractivity contribution in [3.05, 3.63) is 47.5 Å². The fraction of sp³-hybridized carbons (Fsp3) is 0.400. The molecule has 0 saturated carbocycles. The van der Waals surface area contributed by atoms with Crippen LogP contribution in [0.3, 0.4) is 0 Å². The van der Waals surface area contributed by atoms with E-state index in [0.717, 1.165) is 24.1 Å². The van der Waals surface area contributed by atoms with Gasteiger partial charge >= 0.3 is 0 Å². The highest BCUT2D eigenvalue weighted by Gasteiger charge is 2.15. The lowest BCUT2D eigenvalue weighted by molar-refractivity contribution is 0.0907. The lowest BCUT2D eigenvalue weighted by Gasteiger charge is -2.11. The second-order valence-electron chi connectivity index (χ2n) is 4.90. The Bertz CT molecular complexity index is 595. The predicted molar refractivity (Wildman–Crippen MR) is 78.7 cm³/mol. The maximum absolute atomic E-state index is 12.1. The van der Waals surface area contributed by atoms with Gasteiger partial charge in [0.25, 0.3) is 5.91 Å². The van der Waals surface area contributed by atoms with Crippen LogP contribution in [-0.4, -0.2) is 32.3 Å². The Balaban J connectivity index is 1.95. The van der Waals surface area contributed by atoms with Crippen LogP contribution in [0.2, 0.25) is 0 Å². The van der Waals surface area contributed by atoms with Gasteiger partial charge in [0, 0.05) is 26.0 Å². The van der Waals surface area contributed by atoms with Crippen molar-refractivity contribution in [2.75, 3.05) is 6.54 Å². The van der Waals surface area contributed by atoms with Crippen molar-refractivity contribution < 1.29 is 9.90 Å². The van der Waals surface area contributed by atoms with Crippen molar-refractivity contribution in [2.45, 2.75) is 25.9 Å². The highest BCUT2D eigenvalue weighted by molar-refractivity contribution is 5.92. The van der Waals surface area contributed by atoms with Crippen LogP contribution >= 0.6 is 0 Å². The second kappa shape index (κ2) is 6.99. The van der Waals surface area contributed by atoms with Crippen LogP contribution in [0.4, 0.5) is 0 Å². The van der Waals surface area contributed by atoms with Crippen molar-refractivity contribution >= 4 is 5.91 Å². The van der Waals surface area contributed by atoms with E-state index in [1.807, 2.05) is 0 Å². The maximum Gasteiger partial charge on any atom is 0.269 e. The van der Waals surface area contributed by atoms with Gasteiger partial charge in [-0.05, 0) is 30.2 Å².